The summed E-state index contributed by atoms with van der Waals surface area (Å²) >= 11 is 1.60. The molecule has 0 aliphatic carbocycles. The van der Waals surface area contributed by atoms with Crippen LogP contribution in [0.1, 0.15) is 13.8 Å². The monoisotopic (exact) mass is 154 g/mol. The number of rotatable bonds is 4. The number of thioether (sulfide) groups is 1. The Labute approximate surface area is 67.7 Å². The van der Waals surface area contributed by atoms with Gasteiger partial charge in [-0.3, -0.25) is 0 Å². The second kappa shape index (κ2) is 5.36. The first-order valence-electron chi connectivity index (χ1n) is 3.31. The smallest absolute Gasteiger partial charge is 0.0214 e. The highest BCUT2D eigenvalue weighted by Gasteiger charge is 1.95. The summed E-state index contributed by atoms with van der Waals surface area (Å²) in [5.41, 5.74) is 1.27. The largest absolute Gasteiger partial charge is 0.106 e. The number of allylic oxidation sites excluding steroid dienone is 2. The van der Waals surface area contributed by atoms with Crippen LogP contribution in [0.2, 0.25) is 0 Å². The lowest BCUT2D eigenvalue weighted by atomic mass is 10.1. The van der Waals surface area contributed by atoms with E-state index in [2.05, 4.69) is 32.4 Å². The van der Waals surface area contributed by atoms with Crippen LogP contribution in [-0.2, 0) is 0 Å². The first-order chi connectivity index (χ1) is 4.72. The van der Waals surface area contributed by atoms with E-state index in [4.69, 9.17) is 0 Å². The first-order valence-corrected chi connectivity index (χ1v) is 4.25. The maximum atomic E-state index is 3.72. The summed E-state index contributed by atoms with van der Waals surface area (Å²) in [6.07, 6.45) is 1.89. The van der Waals surface area contributed by atoms with Crippen molar-refractivity contribution in [2.24, 2.45) is 5.92 Å². The molecule has 0 aliphatic rings. The fraction of sp³-hybridized carbons (Fsp3) is 0.333. The van der Waals surface area contributed by atoms with Crippen LogP contribution in [0.3, 0.4) is 0 Å². The van der Waals surface area contributed by atoms with E-state index in [1.54, 1.807) is 11.8 Å². The van der Waals surface area contributed by atoms with Gasteiger partial charge in [0.25, 0.3) is 0 Å². The maximum Gasteiger partial charge on any atom is -0.0214 e. The van der Waals surface area contributed by atoms with Crippen molar-refractivity contribution in [1.82, 2.24) is 0 Å². The molecule has 0 aromatic carbocycles. The molecule has 0 spiro atoms. The topological polar surface area (TPSA) is 0 Å². The van der Waals surface area contributed by atoms with Crippen LogP contribution in [0, 0.1) is 5.92 Å². The van der Waals surface area contributed by atoms with Crippen LogP contribution in [0.15, 0.2) is 35.6 Å². The molecule has 10 heavy (non-hydrogen) atoms. The van der Waals surface area contributed by atoms with E-state index in [1.165, 1.54) is 5.57 Å². The normalized spacial score (nSPS) is 11.7. The fourth-order valence-corrected chi connectivity index (χ4v) is 1.17. The Bertz CT molecular complexity index is 143. The Morgan fingerprint density at radius 3 is 2.30 bits per heavy atom. The highest BCUT2D eigenvalue weighted by molar-refractivity contribution is 8.04. The molecule has 0 nitrogen and oxygen atoms in total. The van der Waals surface area contributed by atoms with Crippen LogP contribution >= 0.6 is 11.8 Å². The third kappa shape index (κ3) is 3.57. The number of hydrogen-bond acceptors (Lipinski definition) is 1. The van der Waals surface area contributed by atoms with Gasteiger partial charge < -0.3 is 0 Å². The highest BCUT2D eigenvalue weighted by atomic mass is 32.2. The molecule has 0 aromatic rings. The molecule has 0 bridgehead atoms. The lowest BCUT2D eigenvalue weighted by Crippen LogP contribution is -1.87. The zero-order valence-corrected chi connectivity index (χ0v) is 7.45. The zero-order chi connectivity index (χ0) is 7.98. The van der Waals surface area contributed by atoms with E-state index >= 15 is 0 Å². The molecule has 0 saturated carbocycles. The third-order valence-corrected chi connectivity index (χ3v) is 1.80. The third-order valence-electron chi connectivity index (χ3n) is 1.20. The molecule has 1 heteroatoms. The molecule has 0 amide bonds. The van der Waals surface area contributed by atoms with E-state index in [-0.39, 0.29) is 0 Å². The van der Waals surface area contributed by atoms with Gasteiger partial charge in [-0.15, -0.1) is 11.8 Å². The minimum absolute atomic E-state index is 0.560. The summed E-state index contributed by atoms with van der Waals surface area (Å²) in [5.74, 6) is 0.560. The van der Waals surface area contributed by atoms with Gasteiger partial charge in [0.15, 0.2) is 0 Å². The molecule has 0 unspecified atom stereocenters. The van der Waals surface area contributed by atoms with Crippen molar-refractivity contribution >= 4 is 11.8 Å². The maximum absolute atomic E-state index is 3.72. The lowest BCUT2D eigenvalue weighted by molar-refractivity contribution is 0.794. The van der Waals surface area contributed by atoms with Gasteiger partial charge in [-0.05, 0) is 22.3 Å². The lowest BCUT2D eigenvalue weighted by Gasteiger charge is -2.03. The SMILES string of the molecule is C=CS/C=C(\C=C)C(C)C. The van der Waals surface area contributed by atoms with Crippen LogP contribution in [0.25, 0.3) is 0 Å². The first kappa shape index (κ1) is 9.57. The molecule has 0 radical (unpaired) electrons. The second-order valence-corrected chi connectivity index (χ2v) is 3.12. The second-order valence-electron chi connectivity index (χ2n) is 2.28. The summed E-state index contributed by atoms with van der Waals surface area (Å²) in [7, 11) is 0. The van der Waals surface area contributed by atoms with E-state index in [9.17, 15) is 0 Å². The molecule has 0 aliphatic heterocycles. The van der Waals surface area contributed by atoms with Crippen LogP contribution < -0.4 is 0 Å². The Kier molecular flexibility index (Phi) is 5.13. The molecule has 0 atom stereocenters. The summed E-state index contributed by atoms with van der Waals surface area (Å²) in [6.45, 7) is 11.6. The van der Waals surface area contributed by atoms with Gasteiger partial charge in [-0.1, -0.05) is 33.1 Å². The van der Waals surface area contributed by atoms with E-state index in [1.807, 2.05) is 11.5 Å². The molecule has 0 aromatic heterocycles. The minimum atomic E-state index is 0.560. The molecule has 0 rings (SSSR count). The quantitative estimate of drug-likeness (QED) is 0.558. The van der Waals surface area contributed by atoms with Gasteiger partial charge in [-0.2, -0.15) is 0 Å². The molecule has 0 fully saturated rings. The summed E-state index contributed by atoms with van der Waals surface area (Å²) in [5, 5.41) is 3.89. The molecule has 0 N–H and O–H groups in total. The molecule has 0 saturated heterocycles. The van der Waals surface area contributed by atoms with E-state index < -0.39 is 0 Å². The van der Waals surface area contributed by atoms with Gasteiger partial charge in [0.1, 0.15) is 0 Å². The molecule has 0 heterocycles. The Morgan fingerprint density at radius 1 is 1.40 bits per heavy atom. The molecular weight excluding hydrogens is 140 g/mol. The fourth-order valence-electron chi connectivity index (χ4n) is 0.547. The van der Waals surface area contributed by atoms with E-state index in [0.717, 1.165) is 0 Å². The summed E-state index contributed by atoms with van der Waals surface area (Å²) in [4.78, 5) is 0. The predicted octanol–water partition coefficient (Wildman–Crippen LogP) is 3.59. The summed E-state index contributed by atoms with van der Waals surface area (Å²) in [6, 6.07) is 0. The van der Waals surface area contributed by atoms with Crippen LogP contribution in [0.5, 0.6) is 0 Å². The number of hydrogen-bond donors (Lipinski definition) is 0. The van der Waals surface area contributed by atoms with Gasteiger partial charge in [0, 0.05) is 0 Å². The van der Waals surface area contributed by atoms with Crippen molar-refractivity contribution in [3.05, 3.63) is 35.6 Å². The summed E-state index contributed by atoms with van der Waals surface area (Å²) < 4.78 is 0. The highest BCUT2D eigenvalue weighted by Crippen LogP contribution is 2.15. The molecule has 56 valence electrons. The van der Waals surface area contributed by atoms with Gasteiger partial charge in [-0.25, -0.2) is 0 Å². The van der Waals surface area contributed by atoms with Crippen molar-refractivity contribution in [2.75, 3.05) is 0 Å². The average molecular weight is 154 g/mol. The standard InChI is InChI=1S/C9H14S/c1-5-9(8(3)4)7-10-6-2/h5-8H,1-2H2,3-4H3/b9-7+. The van der Waals surface area contributed by atoms with Gasteiger partial charge in [0.2, 0.25) is 0 Å². The van der Waals surface area contributed by atoms with Gasteiger partial charge >= 0.3 is 0 Å². The predicted molar refractivity (Wildman–Crippen MR) is 50.9 cm³/mol. The Hall–Kier alpha value is -0.430. The van der Waals surface area contributed by atoms with Crippen molar-refractivity contribution in [2.45, 2.75) is 13.8 Å². The van der Waals surface area contributed by atoms with Gasteiger partial charge in [0.05, 0.1) is 0 Å². The van der Waals surface area contributed by atoms with E-state index in [0.29, 0.717) is 5.92 Å². The van der Waals surface area contributed by atoms with Crippen molar-refractivity contribution in [3.8, 4) is 0 Å². The molecular formula is C9H14S. The van der Waals surface area contributed by atoms with Crippen molar-refractivity contribution in [1.29, 1.82) is 0 Å². The average Bonchev–Trinajstić information content (AvgIpc) is 1.89. The Morgan fingerprint density at radius 2 is 2.00 bits per heavy atom. The minimum Gasteiger partial charge on any atom is -0.106 e. The van der Waals surface area contributed by atoms with Crippen LogP contribution in [0.4, 0.5) is 0 Å². The van der Waals surface area contributed by atoms with Crippen LogP contribution in [-0.4, -0.2) is 0 Å². The van der Waals surface area contributed by atoms with Crippen molar-refractivity contribution in [3.63, 3.8) is 0 Å². The zero-order valence-electron chi connectivity index (χ0n) is 6.63. The van der Waals surface area contributed by atoms with Crippen molar-refractivity contribution < 1.29 is 0 Å². The Balaban J connectivity index is 4.03.